The maximum absolute atomic E-state index is 9.77. The Morgan fingerprint density at radius 3 is 2.42 bits per heavy atom. The molecule has 0 radical (unpaired) electrons. The van der Waals surface area contributed by atoms with Gasteiger partial charge in [0.05, 0.1) is 21.1 Å². The molecular formula is C13H23NO2PS2+. The van der Waals surface area contributed by atoms with E-state index in [-0.39, 0.29) is 6.10 Å². The third-order valence-electron chi connectivity index (χ3n) is 2.76. The highest BCUT2D eigenvalue weighted by Crippen LogP contribution is 2.51. The van der Waals surface area contributed by atoms with Crippen LogP contribution in [0.3, 0.4) is 0 Å². The molecule has 2 atom stereocenters. The first-order valence-electron chi connectivity index (χ1n) is 6.09. The molecule has 0 aromatic heterocycles. The summed E-state index contributed by atoms with van der Waals surface area (Å²) >= 11 is 8.93. The molecule has 0 fully saturated rings. The Balaban J connectivity index is 3.15. The Bertz CT molecular complexity index is 494. The lowest BCUT2D eigenvalue weighted by Crippen LogP contribution is -2.39. The predicted molar refractivity (Wildman–Crippen MR) is 88.1 cm³/mol. The summed E-state index contributed by atoms with van der Waals surface area (Å²) in [5.41, 5.74) is 0.391. The molecule has 0 heterocycles. The zero-order chi connectivity index (χ0) is 14.8. The van der Waals surface area contributed by atoms with Gasteiger partial charge >= 0.3 is 0 Å². The first-order chi connectivity index (χ1) is 8.48. The second kappa shape index (κ2) is 6.25. The molecule has 1 N–H and O–H groups in total. The highest BCUT2D eigenvalue weighted by atomic mass is 32.9. The van der Waals surface area contributed by atoms with Crippen LogP contribution in [0.25, 0.3) is 0 Å². The van der Waals surface area contributed by atoms with Crippen molar-refractivity contribution in [3.63, 3.8) is 0 Å². The van der Waals surface area contributed by atoms with E-state index in [0.29, 0.717) is 0 Å². The van der Waals surface area contributed by atoms with E-state index in [4.69, 9.17) is 16.3 Å². The van der Waals surface area contributed by atoms with Gasteiger partial charge in [-0.15, -0.1) is 0 Å². The largest absolute Gasteiger partial charge is 0.338 e. The first-order valence-corrected chi connectivity index (χ1v) is 9.92. The van der Waals surface area contributed by atoms with Gasteiger partial charge in [0.2, 0.25) is 5.69 Å². The van der Waals surface area contributed by atoms with E-state index in [1.54, 1.807) is 0 Å². The third kappa shape index (κ3) is 6.39. The summed E-state index contributed by atoms with van der Waals surface area (Å²) in [6, 6.07) is 6.22. The number of nitrogens with zero attached hydrogens (tertiary/aromatic N) is 1. The van der Waals surface area contributed by atoms with Crippen LogP contribution in [-0.4, -0.2) is 37.1 Å². The molecule has 0 saturated carbocycles. The normalized spacial score (nSPS) is 17.0. The Kier molecular flexibility index (Phi) is 5.64. The second-order valence-corrected chi connectivity index (χ2v) is 11.0. The molecule has 6 heteroatoms. The fourth-order valence-corrected chi connectivity index (χ4v) is 3.12. The lowest BCUT2D eigenvalue weighted by molar-refractivity contribution is -0.873. The summed E-state index contributed by atoms with van der Waals surface area (Å²) in [6.45, 7) is 4.81. The van der Waals surface area contributed by atoms with Crippen molar-refractivity contribution >= 4 is 29.7 Å². The summed E-state index contributed by atoms with van der Waals surface area (Å²) in [5.74, 6) is 0. The van der Waals surface area contributed by atoms with Crippen molar-refractivity contribution in [2.24, 2.45) is 0 Å². The van der Waals surface area contributed by atoms with Gasteiger partial charge in [0.25, 0.3) is 0 Å². The van der Waals surface area contributed by atoms with Crippen molar-refractivity contribution in [3.05, 3.63) is 34.9 Å². The number of rotatable bonds is 5. The number of aryl methyl sites for hydroxylation is 2. The standard InChI is InChI=1S/C13H22NO2PS2/c1-10-6-7-11(2)12(8-10)13(9-14(3,4)5)16-17(15,18)19/h6-8,13H,9H2,1-5H3,(H-,15,18,19)/p+1. The van der Waals surface area contributed by atoms with Crippen molar-refractivity contribution in [1.82, 2.24) is 0 Å². The van der Waals surface area contributed by atoms with Crippen LogP contribution in [0.15, 0.2) is 18.2 Å². The average molecular weight is 320 g/mol. The zero-order valence-electron chi connectivity index (χ0n) is 12.1. The van der Waals surface area contributed by atoms with Crippen LogP contribution in [-0.2, 0) is 16.3 Å². The molecule has 0 bridgehead atoms. The summed E-state index contributed by atoms with van der Waals surface area (Å²) in [5, 5.41) is 0. The zero-order valence-corrected chi connectivity index (χ0v) is 14.7. The van der Waals surface area contributed by atoms with Crippen LogP contribution in [0.5, 0.6) is 0 Å². The SMILES string of the molecule is Cc1ccc(C)c(C(C[N+](C)(C)C)OP(O)(=S)S)c1. The Hall–Kier alpha value is 0.1000. The van der Waals surface area contributed by atoms with Crippen LogP contribution in [0, 0.1) is 13.8 Å². The van der Waals surface area contributed by atoms with E-state index < -0.39 is 5.69 Å². The minimum Gasteiger partial charge on any atom is -0.338 e. The van der Waals surface area contributed by atoms with Gasteiger partial charge in [0.15, 0.2) is 0 Å². The van der Waals surface area contributed by atoms with E-state index >= 15 is 0 Å². The highest BCUT2D eigenvalue weighted by molar-refractivity contribution is 8.59. The van der Waals surface area contributed by atoms with E-state index in [1.165, 1.54) is 5.56 Å². The summed E-state index contributed by atoms with van der Waals surface area (Å²) in [7, 11) is 6.25. The molecule has 1 aromatic rings. The van der Waals surface area contributed by atoms with Gasteiger partial charge in [0, 0.05) is 0 Å². The van der Waals surface area contributed by atoms with Crippen LogP contribution >= 0.6 is 17.9 Å². The minimum absolute atomic E-state index is 0.242. The van der Waals surface area contributed by atoms with Gasteiger partial charge in [-0.2, -0.15) is 0 Å². The monoisotopic (exact) mass is 320 g/mol. The van der Waals surface area contributed by atoms with Gasteiger partial charge in [-0.1, -0.05) is 36.0 Å². The molecule has 1 rings (SSSR count). The molecule has 2 unspecified atom stereocenters. The summed E-state index contributed by atoms with van der Waals surface area (Å²) in [6.07, 6.45) is -0.242. The number of thiol groups is 1. The van der Waals surface area contributed by atoms with Crippen molar-refractivity contribution in [2.75, 3.05) is 27.7 Å². The number of hydrogen-bond acceptors (Lipinski definition) is 2. The molecular weight excluding hydrogens is 297 g/mol. The molecule has 108 valence electrons. The molecule has 19 heavy (non-hydrogen) atoms. The summed E-state index contributed by atoms with van der Waals surface area (Å²) in [4.78, 5) is 9.77. The van der Waals surface area contributed by atoms with Gasteiger partial charge in [0.1, 0.15) is 12.6 Å². The maximum Gasteiger partial charge on any atom is 0.242 e. The Morgan fingerprint density at radius 1 is 1.37 bits per heavy atom. The van der Waals surface area contributed by atoms with Crippen molar-refractivity contribution < 1.29 is 13.9 Å². The fourth-order valence-electron chi connectivity index (χ4n) is 1.96. The molecule has 0 aliphatic carbocycles. The van der Waals surface area contributed by atoms with Crippen molar-refractivity contribution in [3.8, 4) is 0 Å². The maximum atomic E-state index is 9.77. The van der Waals surface area contributed by atoms with Gasteiger partial charge in [-0.05, 0) is 36.8 Å². The van der Waals surface area contributed by atoms with Crippen molar-refractivity contribution in [1.29, 1.82) is 0 Å². The van der Waals surface area contributed by atoms with Crippen molar-refractivity contribution in [2.45, 2.75) is 20.0 Å². The van der Waals surface area contributed by atoms with Crippen LogP contribution in [0.4, 0.5) is 0 Å². The number of quaternary nitrogens is 1. The van der Waals surface area contributed by atoms with Crippen LogP contribution in [0.1, 0.15) is 22.8 Å². The van der Waals surface area contributed by atoms with Gasteiger partial charge in [-0.25, -0.2) is 0 Å². The van der Waals surface area contributed by atoms with E-state index in [0.717, 1.165) is 22.2 Å². The second-order valence-electron chi connectivity index (χ2n) is 5.92. The lowest BCUT2D eigenvalue weighted by Gasteiger charge is -2.31. The topological polar surface area (TPSA) is 29.5 Å². The molecule has 0 amide bonds. The smallest absolute Gasteiger partial charge is 0.242 e. The predicted octanol–water partition coefficient (Wildman–Crippen LogP) is 3.21. The average Bonchev–Trinajstić information content (AvgIpc) is 2.16. The van der Waals surface area contributed by atoms with Crippen LogP contribution < -0.4 is 0 Å². The molecule has 0 aliphatic heterocycles. The van der Waals surface area contributed by atoms with E-state index in [1.807, 2.05) is 13.8 Å². The molecule has 0 saturated heterocycles. The summed E-state index contributed by atoms with van der Waals surface area (Å²) < 4.78 is 6.39. The third-order valence-corrected chi connectivity index (χ3v) is 3.83. The highest BCUT2D eigenvalue weighted by Gasteiger charge is 2.26. The van der Waals surface area contributed by atoms with Gasteiger partial charge < -0.3 is 13.9 Å². The number of likely N-dealkylation sites (N-methyl/N-ethyl adjacent to an activating group) is 1. The first kappa shape index (κ1) is 17.2. The van der Waals surface area contributed by atoms with E-state index in [2.05, 4.69) is 51.6 Å². The Morgan fingerprint density at radius 2 is 1.95 bits per heavy atom. The molecule has 3 nitrogen and oxygen atoms in total. The molecule has 0 spiro atoms. The fraction of sp³-hybridized carbons (Fsp3) is 0.538. The molecule has 0 aliphatic rings. The number of hydrogen-bond donors (Lipinski definition) is 2. The quantitative estimate of drug-likeness (QED) is 0.496. The number of benzene rings is 1. The van der Waals surface area contributed by atoms with E-state index in [9.17, 15) is 4.89 Å². The lowest BCUT2D eigenvalue weighted by atomic mass is 10.0. The minimum atomic E-state index is -2.99. The van der Waals surface area contributed by atoms with Gasteiger partial charge in [-0.3, -0.25) is 0 Å². The molecule has 1 aromatic carbocycles. The van der Waals surface area contributed by atoms with Crippen LogP contribution in [0.2, 0.25) is 0 Å². The Labute approximate surface area is 126 Å².